The van der Waals surface area contributed by atoms with Gasteiger partial charge >= 0.3 is 0 Å². The molecule has 0 N–H and O–H groups in total. The minimum Gasteiger partial charge on any atom is -0.338 e. The van der Waals surface area contributed by atoms with Gasteiger partial charge in [-0.1, -0.05) is 0 Å². The van der Waals surface area contributed by atoms with Crippen LogP contribution < -0.4 is 5.30 Å². The molecule has 1 aromatic rings. The third-order valence-corrected chi connectivity index (χ3v) is 6.23. The Balaban J connectivity index is 2.15. The lowest BCUT2D eigenvalue weighted by Gasteiger charge is -2.29. The number of aromatic nitrogens is 1. The van der Waals surface area contributed by atoms with Crippen molar-refractivity contribution < 1.29 is 13.8 Å². The molecule has 0 spiro atoms. The fraction of sp³-hybridized carbons (Fsp3) is 0.625. The first-order chi connectivity index (χ1) is 10.2. The molecule has 1 aromatic heterocycles. The summed E-state index contributed by atoms with van der Waals surface area (Å²) in [5, 5.41) is 0.893. The van der Waals surface area contributed by atoms with E-state index in [1.807, 2.05) is 47.6 Å². The number of carbonyl (C=O) groups is 1. The fourth-order valence-electron chi connectivity index (χ4n) is 2.05. The summed E-state index contributed by atoms with van der Waals surface area (Å²) in [6, 6.07) is 3.64. The van der Waals surface area contributed by atoms with E-state index in [1.165, 1.54) is 0 Å². The van der Waals surface area contributed by atoms with Gasteiger partial charge in [-0.15, -0.1) is 0 Å². The zero-order valence-corrected chi connectivity index (χ0v) is 15.1. The van der Waals surface area contributed by atoms with Gasteiger partial charge in [0.1, 0.15) is 5.69 Å². The highest BCUT2D eigenvalue weighted by molar-refractivity contribution is 7.56. The Morgan fingerprint density at radius 2 is 1.68 bits per heavy atom. The molecule has 6 heteroatoms. The van der Waals surface area contributed by atoms with Gasteiger partial charge in [0.2, 0.25) is 8.38 Å². The fourth-order valence-corrected chi connectivity index (χ4v) is 3.92. The lowest BCUT2D eigenvalue weighted by Crippen LogP contribution is -2.41. The topological polar surface area (TPSA) is 51.7 Å². The van der Waals surface area contributed by atoms with Gasteiger partial charge in [0, 0.05) is 24.6 Å². The second-order valence-corrected chi connectivity index (χ2v) is 7.74. The third-order valence-electron chi connectivity index (χ3n) is 4.30. The van der Waals surface area contributed by atoms with E-state index in [9.17, 15) is 4.79 Å². The average molecular weight is 324 g/mol. The quantitative estimate of drug-likeness (QED) is 0.799. The van der Waals surface area contributed by atoms with Crippen molar-refractivity contribution in [3.8, 4) is 0 Å². The summed E-state index contributed by atoms with van der Waals surface area (Å²) in [7, 11) is -1.16. The molecule has 1 aliphatic rings. The summed E-state index contributed by atoms with van der Waals surface area (Å²) in [5.74, 6) is -0.0433. The summed E-state index contributed by atoms with van der Waals surface area (Å²) in [6.45, 7) is 13.4. The van der Waals surface area contributed by atoms with Gasteiger partial charge < -0.3 is 13.9 Å². The highest BCUT2D eigenvalue weighted by Crippen LogP contribution is 2.56. The molecule has 0 atom stereocenters. The number of rotatable bonds is 4. The Bertz CT molecular complexity index is 523. The van der Waals surface area contributed by atoms with Crippen molar-refractivity contribution >= 4 is 19.6 Å². The normalized spacial score (nSPS) is 20.1. The van der Waals surface area contributed by atoms with Crippen molar-refractivity contribution in [2.45, 2.75) is 52.7 Å². The van der Waals surface area contributed by atoms with Gasteiger partial charge in [0.05, 0.1) is 11.2 Å². The highest BCUT2D eigenvalue weighted by Gasteiger charge is 2.50. The van der Waals surface area contributed by atoms with Crippen molar-refractivity contribution in [3.63, 3.8) is 0 Å². The number of hydrogen-bond acceptors (Lipinski definition) is 4. The lowest BCUT2D eigenvalue weighted by molar-refractivity contribution is 0.00578. The summed E-state index contributed by atoms with van der Waals surface area (Å²) < 4.78 is 12.1. The van der Waals surface area contributed by atoms with Crippen LogP contribution in [0.3, 0.4) is 0 Å². The van der Waals surface area contributed by atoms with Crippen LogP contribution in [0.1, 0.15) is 52.0 Å². The Kier molecular flexibility index (Phi) is 4.90. The van der Waals surface area contributed by atoms with Crippen LogP contribution in [0.2, 0.25) is 0 Å². The first kappa shape index (κ1) is 17.3. The van der Waals surface area contributed by atoms with E-state index in [0.29, 0.717) is 18.8 Å². The van der Waals surface area contributed by atoms with Crippen molar-refractivity contribution in [2.24, 2.45) is 0 Å². The maximum absolute atomic E-state index is 12.3. The average Bonchev–Trinajstić information content (AvgIpc) is 2.69. The van der Waals surface area contributed by atoms with Crippen LogP contribution in [-0.2, 0) is 9.05 Å². The molecule has 0 saturated carbocycles. The smallest absolute Gasteiger partial charge is 0.272 e. The minimum absolute atomic E-state index is 0.0433. The van der Waals surface area contributed by atoms with Crippen molar-refractivity contribution in [2.75, 3.05) is 13.1 Å². The van der Waals surface area contributed by atoms with E-state index >= 15 is 0 Å². The minimum atomic E-state index is -1.16. The van der Waals surface area contributed by atoms with Crippen LogP contribution in [-0.4, -0.2) is 40.1 Å². The van der Waals surface area contributed by atoms with Crippen molar-refractivity contribution in [1.82, 2.24) is 9.88 Å². The van der Waals surface area contributed by atoms with Crippen molar-refractivity contribution in [1.29, 1.82) is 0 Å². The first-order valence-corrected chi connectivity index (χ1v) is 8.83. The summed E-state index contributed by atoms with van der Waals surface area (Å²) >= 11 is 0. The standard InChI is InChI=1S/C16H25N2O3P/c1-7-18(8-2)14(19)13-10-9-12(11-17-13)22-20-15(3,4)16(5,6)21-22/h9-11H,7-8H2,1-6H3. The molecule has 0 bridgehead atoms. The first-order valence-electron chi connectivity index (χ1n) is 7.65. The zero-order chi connectivity index (χ0) is 16.5. The van der Waals surface area contributed by atoms with Gasteiger partial charge in [-0.2, -0.15) is 0 Å². The van der Waals surface area contributed by atoms with E-state index in [0.717, 1.165) is 5.30 Å². The van der Waals surface area contributed by atoms with Gasteiger partial charge in [0.25, 0.3) is 5.91 Å². The van der Waals surface area contributed by atoms with Crippen molar-refractivity contribution in [3.05, 3.63) is 24.0 Å². The van der Waals surface area contributed by atoms with E-state index < -0.39 is 8.38 Å². The Morgan fingerprint density at radius 3 is 2.09 bits per heavy atom. The molecule has 5 nitrogen and oxygen atoms in total. The Hall–Kier alpha value is -1.03. The van der Waals surface area contributed by atoms with Crippen LogP contribution in [0, 0.1) is 0 Å². The maximum Gasteiger partial charge on any atom is 0.272 e. The molecule has 0 aliphatic carbocycles. The second-order valence-electron chi connectivity index (χ2n) is 6.34. The number of pyridine rings is 1. The van der Waals surface area contributed by atoms with Crippen LogP contribution in [0.25, 0.3) is 0 Å². The SMILES string of the molecule is CCN(CC)C(=O)c1ccc(P2OC(C)(C)C(C)(C)O2)cn1. The molecular weight excluding hydrogens is 299 g/mol. The monoisotopic (exact) mass is 324 g/mol. The van der Waals surface area contributed by atoms with Gasteiger partial charge in [-0.25, -0.2) is 0 Å². The third kappa shape index (κ3) is 3.17. The molecule has 22 heavy (non-hydrogen) atoms. The number of hydrogen-bond donors (Lipinski definition) is 0. The summed E-state index contributed by atoms with van der Waals surface area (Å²) in [6.07, 6.45) is 1.69. The largest absolute Gasteiger partial charge is 0.338 e. The van der Waals surface area contributed by atoms with Gasteiger partial charge in [-0.05, 0) is 53.7 Å². The molecule has 1 aliphatic heterocycles. The predicted molar refractivity (Wildman–Crippen MR) is 88.4 cm³/mol. The molecule has 1 saturated heterocycles. The van der Waals surface area contributed by atoms with Crippen LogP contribution in [0.5, 0.6) is 0 Å². The number of carbonyl (C=O) groups excluding carboxylic acids is 1. The maximum atomic E-state index is 12.3. The van der Waals surface area contributed by atoms with Crippen LogP contribution >= 0.6 is 8.38 Å². The predicted octanol–water partition coefficient (Wildman–Crippen LogP) is 3.10. The molecule has 0 unspecified atom stereocenters. The molecule has 1 amide bonds. The molecule has 2 heterocycles. The van der Waals surface area contributed by atoms with E-state index in [2.05, 4.69) is 4.98 Å². The number of amides is 1. The highest BCUT2D eigenvalue weighted by atomic mass is 31.2. The molecule has 0 radical (unpaired) electrons. The van der Waals surface area contributed by atoms with Gasteiger partial charge in [-0.3, -0.25) is 9.78 Å². The molecule has 122 valence electrons. The van der Waals surface area contributed by atoms with Crippen LogP contribution in [0.15, 0.2) is 18.3 Å². The van der Waals surface area contributed by atoms with Gasteiger partial charge in [0.15, 0.2) is 0 Å². The van der Waals surface area contributed by atoms with E-state index in [4.69, 9.17) is 9.05 Å². The molecule has 1 fully saturated rings. The Labute approximate surface area is 133 Å². The summed E-state index contributed by atoms with van der Waals surface area (Å²) in [4.78, 5) is 18.3. The number of nitrogens with zero attached hydrogens (tertiary/aromatic N) is 2. The Morgan fingerprint density at radius 1 is 1.14 bits per heavy atom. The van der Waals surface area contributed by atoms with E-state index in [-0.39, 0.29) is 17.1 Å². The molecular formula is C16H25N2O3P. The summed E-state index contributed by atoms with van der Waals surface area (Å²) in [5.41, 5.74) is -0.247. The van der Waals surface area contributed by atoms with Crippen LogP contribution in [0.4, 0.5) is 0 Å². The molecule has 0 aromatic carbocycles. The second kappa shape index (κ2) is 6.23. The zero-order valence-electron chi connectivity index (χ0n) is 14.2. The van der Waals surface area contributed by atoms with E-state index in [1.54, 1.807) is 17.2 Å². The molecule has 2 rings (SSSR count). The lowest BCUT2D eigenvalue weighted by atomic mass is 9.90.